The van der Waals surface area contributed by atoms with Gasteiger partial charge in [0.1, 0.15) is 23.8 Å². The van der Waals surface area contributed by atoms with Crippen molar-refractivity contribution in [2.75, 3.05) is 13.1 Å². The first-order valence-electron chi connectivity index (χ1n) is 28.8. The molecule has 17 nitrogen and oxygen atoms in total. The van der Waals surface area contributed by atoms with E-state index < -0.39 is 77.4 Å². The highest BCUT2D eigenvalue weighted by atomic mass is 19.3. The molecule has 0 radical (unpaired) electrons. The Labute approximate surface area is 469 Å². The Kier molecular flexibility index (Phi) is 16.8. The van der Waals surface area contributed by atoms with E-state index in [1.165, 1.54) is 34.1 Å². The van der Waals surface area contributed by atoms with E-state index in [9.17, 15) is 51.9 Å². The molecule has 1 unspecified atom stereocenters. The third kappa shape index (κ3) is 12.4. The molecular formula is C62H70F2N8O9. The lowest BCUT2D eigenvalue weighted by molar-refractivity contribution is -0.148. The Morgan fingerprint density at radius 1 is 0.864 bits per heavy atom. The highest BCUT2D eigenvalue weighted by molar-refractivity contribution is 6.06. The van der Waals surface area contributed by atoms with E-state index in [0.717, 1.165) is 80.5 Å². The lowest BCUT2D eigenvalue weighted by Crippen LogP contribution is -2.59. The summed E-state index contributed by atoms with van der Waals surface area (Å²) in [6.07, 6.45) is 8.85. The standard InChI is InChI=1S/C62H70F2N8O9/c1-62(63,64)41-21-22-46-40(31-41)33-48(66-46)56(76)68-49-32-39-15-7-8-17-42(39)50-19-10-20-52(72(50)61(49)81)58(78)67-47(23-25-54(65)74)53(73)34-44(37-12-3-2-4-13-37)59(79)70-29-27-36(28-30-70)11-5-6-14-38-16-9-18-43-45(38)35-71(60(43)80)51-24-26-55(75)69-57(51)77/h7-9,15-18,21-22,31,33,36-37,44,47,49-52,66H,2-5,10-13,19-20,23-30,32,34-35H2,1H3,(H2,65,74)(H,67,78)(H,68,76)(H,69,75,77)/t44-,47-,49-,50+,51?,52-/m0/s1. The Hall–Kier alpha value is -7.75. The van der Waals surface area contributed by atoms with Gasteiger partial charge in [-0.25, -0.2) is 8.78 Å². The molecule has 4 fully saturated rings. The van der Waals surface area contributed by atoms with Gasteiger partial charge in [-0.05, 0) is 123 Å². The number of benzene rings is 3. The third-order valence-electron chi connectivity index (χ3n) is 17.7. The summed E-state index contributed by atoms with van der Waals surface area (Å²) in [6, 6.07) is 13.8. The molecule has 1 saturated carbocycles. The molecule has 426 valence electrons. The van der Waals surface area contributed by atoms with Gasteiger partial charge in [0.05, 0.1) is 12.1 Å². The van der Waals surface area contributed by atoms with E-state index in [4.69, 9.17) is 5.73 Å². The number of alkyl halides is 2. The molecule has 6 N–H and O–H groups in total. The number of Topliss-reactive ketones (excluding diaryl/α,β-unsaturated/α-hetero) is 1. The van der Waals surface area contributed by atoms with Crippen molar-refractivity contribution >= 4 is 63.9 Å². The van der Waals surface area contributed by atoms with Crippen LogP contribution in [0.15, 0.2) is 66.7 Å². The largest absolute Gasteiger partial charge is 0.370 e. The number of carbonyl (C=O) groups is 9. The first-order valence-corrected chi connectivity index (χ1v) is 28.8. The number of carbonyl (C=O) groups excluding carboxylic acids is 9. The van der Waals surface area contributed by atoms with Gasteiger partial charge in [-0.1, -0.05) is 67.5 Å². The van der Waals surface area contributed by atoms with Crippen molar-refractivity contribution in [2.45, 2.75) is 165 Å². The number of likely N-dealkylation sites (tertiary alicyclic amines) is 1. The van der Waals surface area contributed by atoms with Crippen molar-refractivity contribution in [3.05, 3.63) is 106 Å². The van der Waals surface area contributed by atoms with Crippen LogP contribution in [0.2, 0.25) is 0 Å². The first kappa shape index (κ1) is 56.5. The maximum Gasteiger partial charge on any atom is 0.270 e. The van der Waals surface area contributed by atoms with Crippen LogP contribution in [-0.2, 0) is 52.4 Å². The van der Waals surface area contributed by atoms with E-state index >= 15 is 0 Å². The quantitative estimate of drug-likeness (QED) is 0.0585. The number of amides is 8. The summed E-state index contributed by atoms with van der Waals surface area (Å²) < 4.78 is 28.4. The minimum Gasteiger partial charge on any atom is -0.370 e. The molecule has 19 heteroatoms. The van der Waals surface area contributed by atoms with Crippen LogP contribution in [0.1, 0.15) is 171 Å². The van der Waals surface area contributed by atoms with Gasteiger partial charge in [-0.3, -0.25) is 48.5 Å². The van der Waals surface area contributed by atoms with Crippen molar-refractivity contribution in [3.63, 3.8) is 0 Å². The Balaban J connectivity index is 0.793. The number of primary amides is 1. The van der Waals surface area contributed by atoms with Gasteiger partial charge >= 0.3 is 0 Å². The fraction of sp³-hybridized carbons (Fsp3) is 0.500. The van der Waals surface area contributed by atoms with Crippen molar-refractivity contribution in [2.24, 2.45) is 23.5 Å². The number of nitrogens with two attached hydrogens (primary N) is 1. The zero-order valence-corrected chi connectivity index (χ0v) is 45.7. The number of hydrogen-bond acceptors (Lipinski definition) is 9. The van der Waals surface area contributed by atoms with Crippen LogP contribution in [0.3, 0.4) is 0 Å². The van der Waals surface area contributed by atoms with Crippen LogP contribution in [0.5, 0.6) is 0 Å². The smallest absolute Gasteiger partial charge is 0.270 e. The van der Waals surface area contributed by atoms with Crippen LogP contribution in [0.25, 0.3) is 10.9 Å². The number of hydrogen-bond donors (Lipinski definition) is 5. The number of aromatic amines is 1. The van der Waals surface area contributed by atoms with Crippen LogP contribution in [0.4, 0.5) is 8.78 Å². The number of halogens is 2. The third-order valence-corrected chi connectivity index (χ3v) is 17.7. The molecule has 8 amide bonds. The Morgan fingerprint density at radius 2 is 1.64 bits per heavy atom. The fourth-order valence-corrected chi connectivity index (χ4v) is 13.3. The Morgan fingerprint density at radius 3 is 2.40 bits per heavy atom. The molecule has 5 aliphatic heterocycles. The molecule has 6 aliphatic rings. The number of ketones is 1. The molecule has 6 heterocycles. The molecule has 6 atom stereocenters. The number of imide groups is 1. The summed E-state index contributed by atoms with van der Waals surface area (Å²) in [5.41, 5.74) is 9.61. The van der Waals surface area contributed by atoms with E-state index in [1.54, 1.807) is 12.1 Å². The zero-order valence-electron chi connectivity index (χ0n) is 45.7. The molecule has 4 aromatic rings. The van der Waals surface area contributed by atoms with Crippen molar-refractivity contribution in [1.29, 1.82) is 0 Å². The van der Waals surface area contributed by atoms with Crippen molar-refractivity contribution < 1.29 is 51.9 Å². The van der Waals surface area contributed by atoms with E-state index in [2.05, 4.69) is 32.8 Å². The number of aromatic nitrogens is 1. The Bertz CT molecular complexity index is 3220. The van der Waals surface area contributed by atoms with Gasteiger partial charge < -0.3 is 36.1 Å². The number of fused-ring (bicyclic) bond motifs is 5. The van der Waals surface area contributed by atoms with Gasteiger partial charge in [0, 0.05) is 92.2 Å². The molecule has 0 spiro atoms. The molecule has 1 aromatic heterocycles. The normalized spacial score (nSPS) is 22.3. The average Bonchev–Trinajstić information content (AvgIpc) is 4.27. The summed E-state index contributed by atoms with van der Waals surface area (Å²) in [4.78, 5) is 131. The second-order valence-corrected chi connectivity index (χ2v) is 23.1. The van der Waals surface area contributed by atoms with Gasteiger partial charge in [0.2, 0.25) is 35.4 Å². The number of nitrogens with zero attached hydrogens (tertiary/aromatic N) is 3. The van der Waals surface area contributed by atoms with Crippen molar-refractivity contribution in [1.82, 2.24) is 35.6 Å². The lowest BCUT2D eigenvalue weighted by atomic mass is 9.76. The van der Waals surface area contributed by atoms with E-state index in [-0.39, 0.29) is 86.4 Å². The lowest BCUT2D eigenvalue weighted by Gasteiger charge is -2.42. The maximum absolute atomic E-state index is 14.9. The molecule has 0 bridgehead atoms. The topological polar surface area (TPSA) is 241 Å². The molecule has 3 saturated heterocycles. The summed E-state index contributed by atoms with van der Waals surface area (Å²) in [5.74, 6) is -0.856. The average molecular weight is 1110 g/mol. The van der Waals surface area contributed by atoms with Gasteiger partial charge in [-0.15, -0.1) is 0 Å². The zero-order chi connectivity index (χ0) is 57.1. The molecular weight excluding hydrogens is 1040 g/mol. The maximum atomic E-state index is 14.9. The molecule has 1 aliphatic carbocycles. The summed E-state index contributed by atoms with van der Waals surface area (Å²) in [7, 11) is 0. The van der Waals surface area contributed by atoms with Crippen LogP contribution in [-0.4, -0.2) is 110 Å². The molecule has 10 rings (SSSR count). The van der Waals surface area contributed by atoms with Gasteiger partial charge in [-0.2, -0.15) is 0 Å². The van der Waals surface area contributed by atoms with Crippen LogP contribution >= 0.6 is 0 Å². The van der Waals surface area contributed by atoms with Crippen LogP contribution < -0.4 is 21.7 Å². The predicted molar refractivity (Wildman–Crippen MR) is 294 cm³/mol. The number of rotatable bonds is 16. The molecule has 81 heavy (non-hydrogen) atoms. The second kappa shape index (κ2) is 24.1. The van der Waals surface area contributed by atoms with E-state index in [0.29, 0.717) is 54.7 Å². The highest BCUT2D eigenvalue weighted by Gasteiger charge is 2.46. The van der Waals surface area contributed by atoms with Crippen LogP contribution in [0, 0.1) is 29.6 Å². The first-order chi connectivity index (χ1) is 38.9. The summed E-state index contributed by atoms with van der Waals surface area (Å²) in [6.45, 7) is 2.06. The molecule has 3 aromatic carbocycles. The highest BCUT2D eigenvalue weighted by Crippen LogP contribution is 2.41. The van der Waals surface area contributed by atoms with Crippen molar-refractivity contribution in [3.8, 4) is 11.8 Å². The van der Waals surface area contributed by atoms with Gasteiger partial charge in [0.25, 0.3) is 17.7 Å². The fourth-order valence-electron chi connectivity index (χ4n) is 13.3. The van der Waals surface area contributed by atoms with Gasteiger partial charge in [0.15, 0.2) is 5.78 Å². The monoisotopic (exact) mass is 1110 g/mol. The van der Waals surface area contributed by atoms with E-state index in [1.807, 2.05) is 35.2 Å². The SMILES string of the molecule is CC(F)(F)c1ccc2[nH]c(C(=O)N[C@H]3Cc4ccccc4[C@H]4CCC[C@@H](C(=O)N[C@@H](CCC(N)=O)C(=O)C[C@H](C(=O)N5CCC(CCC#Cc6cccc7c6CN(C6CCC(=O)NC6=O)C7=O)CC5)C5CCCCC5)N4C3=O)cc2c1. The minimum absolute atomic E-state index is 0.0505. The second-order valence-electron chi connectivity index (χ2n) is 23.1. The summed E-state index contributed by atoms with van der Waals surface area (Å²) >= 11 is 0. The number of nitrogens with one attached hydrogen (secondary N) is 4. The number of H-pyrrole nitrogens is 1. The number of piperidine rings is 3. The minimum atomic E-state index is -3.10. The predicted octanol–water partition coefficient (Wildman–Crippen LogP) is 6.79. The summed E-state index contributed by atoms with van der Waals surface area (Å²) in [5, 5.41) is 8.55.